The standard InChI is InChI=1S/C14H19NO2/c1-10-4-5-11-6-7-14(15-2,12(11)8-10)9-13(16)17-3/h4-5,8,15H,6-7,9H2,1-3H3. The molecule has 1 atom stereocenters. The summed E-state index contributed by atoms with van der Waals surface area (Å²) < 4.78 is 4.81. The molecule has 92 valence electrons. The Morgan fingerprint density at radius 1 is 1.53 bits per heavy atom. The van der Waals surface area contributed by atoms with Gasteiger partial charge in [0.2, 0.25) is 0 Å². The van der Waals surface area contributed by atoms with Gasteiger partial charge in [0.05, 0.1) is 19.1 Å². The molecule has 0 fully saturated rings. The molecule has 0 saturated carbocycles. The van der Waals surface area contributed by atoms with E-state index in [2.05, 4.69) is 30.4 Å². The van der Waals surface area contributed by atoms with Gasteiger partial charge in [0, 0.05) is 0 Å². The van der Waals surface area contributed by atoms with Gasteiger partial charge in [-0.2, -0.15) is 0 Å². The molecule has 0 aromatic heterocycles. The monoisotopic (exact) mass is 233 g/mol. The van der Waals surface area contributed by atoms with Crippen molar-refractivity contribution in [1.82, 2.24) is 5.32 Å². The number of hydrogen-bond donors (Lipinski definition) is 1. The Hall–Kier alpha value is -1.35. The molecule has 1 aliphatic carbocycles. The third kappa shape index (κ3) is 2.07. The Bertz CT molecular complexity index is 442. The lowest BCUT2D eigenvalue weighted by atomic mass is 9.87. The van der Waals surface area contributed by atoms with Crippen LogP contribution in [0, 0.1) is 6.92 Å². The third-order valence-electron chi connectivity index (χ3n) is 3.75. The highest BCUT2D eigenvalue weighted by molar-refractivity contribution is 5.71. The highest BCUT2D eigenvalue weighted by Gasteiger charge is 2.39. The van der Waals surface area contributed by atoms with Crippen molar-refractivity contribution in [3.8, 4) is 0 Å². The molecule has 1 unspecified atom stereocenters. The minimum atomic E-state index is -0.242. The fourth-order valence-corrected chi connectivity index (χ4v) is 2.69. The predicted molar refractivity (Wildman–Crippen MR) is 66.9 cm³/mol. The highest BCUT2D eigenvalue weighted by Crippen LogP contribution is 2.39. The first kappa shape index (κ1) is 12.1. The lowest BCUT2D eigenvalue weighted by molar-refractivity contribution is -0.142. The van der Waals surface area contributed by atoms with E-state index in [-0.39, 0.29) is 11.5 Å². The molecule has 0 radical (unpaired) electrons. The number of nitrogens with one attached hydrogen (secondary N) is 1. The SMILES string of the molecule is CNC1(CC(=O)OC)CCc2ccc(C)cc21. The van der Waals surface area contributed by atoms with Crippen LogP contribution in [0.1, 0.15) is 29.5 Å². The number of esters is 1. The molecule has 0 saturated heterocycles. The molecule has 0 amide bonds. The van der Waals surface area contributed by atoms with Gasteiger partial charge >= 0.3 is 5.97 Å². The predicted octanol–water partition coefficient (Wildman–Crippen LogP) is 1.92. The van der Waals surface area contributed by atoms with Crippen LogP contribution in [0.4, 0.5) is 0 Å². The van der Waals surface area contributed by atoms with E-state index in [0.717, 1.165) is 12.8 Å². The number of aryl methyl sites for hydroxylation is 2. The second-order valence-corrected chi connectivity index (χ2v) is 4.75. The van der Waals surface area contributed by atoms with Gasteiger partial charge in [0.1, 0.15) is 0 Å². The molecule has 1 aliphatic rings. The average molecular weight is 233 g/mol. The summed E-state index contributed by atoms with van der Waals surface area (Å²) in [5.41, 5.74) is 3.59. The Morgan fingerprint density at radius 3 is 2.94 bits per heavy atom. The first-order valence-electron chi connectivity index (χ1n) is 5.97. The molecule has 0 spiro atoms. The Balaban J connectivity index is 2.39. The largest absolute Gasteiger partial charge is 0.469 e. The molecule has 0 aliphatic heterocycles. The van der Waals surface area contributed by atoms with Crippen molar-refractivity contribution in [3.05, 3.63) is 34.9 Å². The number of hydrogen-bond acceptors (Lipinski definition) is 3. The van der Waals surface area contributed by atoms with Gasteiger partial charge in [0.15, 0.2) is 0 Å². The summed E-state index contributed by atoms with van der Waals surface area (Å²) in [5.74, 6) is -0.159. The maximum Gasteiger partial charge on any atom is 0.307 e. The van der Waals surface area contributed by atoms with Crippen LogP contribution in [0.25, 0.3) is 0 Å². The zero-order valence-corrected chi connectivity index (χ0v) is 10.7. The average Bonchev–Trinajstić information content (AvgIpc) is 2.68. The van der Waals surface area contributed by atoms with Crippen LogP contribution in [-0.4, -0.2) is 20.1 Å². The van der Waals surface area contributed by atoms with Gasteiger partial charge in [-0.25, -0.2) is 0 Å². The van der Waals surface area contributed by atoms with Crippen molar-refractivity contribution in [2.75, 3.05) is 14.2 Å². The molecule has 3 nitrogen and oxygen atoms in total. The van der Waals surface area contributed by atoms with E-state index >= 15 is 0 Å². The first-order chi connectivity index (χ1) is 8.11. The quantitative estimate of drug-likeness (QED) is 0.811. The lowest BCUT2D eigenvalue weighted by Gasteiger charge is -2.29. The van der Waals surface area contributed by atoms with Crippen LogP contribution < -0.4 is 5.32 Å². The molecule has 1 aromatic carbocycles. The van der Waals surface area contributed by atoms with Crippen LogP contribution in [0.3, 0.4) is 0 Å². The summed E-state index contributed by atoms with van der Waals surface area (Å²) in [6.07, 6.45) is 2.38. The maximum absolute atomic E-state index is 11.6. The van der Waals surface area contributed by atoms with Gasteiger partial charge < -0.3 is 10.1 Å². The topological polar surface area (TPSA) is 38.3 Å². The number of carbonyl (C=O) groups is 1. The summed E-state index contributed by atoms with van der Waals surface area (Å²) in [7, 11) is 3.36. The zero-order valence-electron chi connectivity index (χ0n) is 10.7. The second kappa shape index (κ2) is 4.49. The molecular weight excluding hydrogens is 214 g/mol. The van der Waals surface area contributed by atoms with Crippen molar-refractivity contribution in [1.29, 1.82) is 0 Å². The number of ether oxygens (including phenoxy) is 1. The molecule has 1 N–H and O–H groups in total. The van der Waals surface area contributed by atoms with Crippen molar-refractivity contribution in [3.63, 3.8) is 0 Å². The molecule has 0 heterocycles. The second-order valence-electron chi connectivity index (χ2n) is 4.75. The number of methoxy groups -OCH3 is 1. The van der Waals surface area contributed by atoms with Crippen LogP contribution in [-0.2, 0) is 21.5 Å². The highest BCUT2D eigenvalue weighted by atomic mass is 16.5. The number of benzene rings is 1. The zero-order chi connectivity index (χ0) is 12.5. The minimum absolute atomic E-state index is 0.159. The Morgan fingerprint density at radius 2 is 2.29 bits per heavy atom. The number of fused-ring (bicyclic) bond motifs is 1. The van der Waals surface area contributed by atoms with E-state index in [1.54, 1.807) is 0 Å². The summed E-state index contributed by atoms with van der Waals surface area (Å²) in [4.78, 5) is 11.6. The van der Waals surface area contributed by atoms with Crippen LogP contribution in [0.5, 0.6) is 0 Å². The minimum Gasteiger partial charge on any atom is -0.469 e. The molecule has 1 aromatic rings. The van der Waals surface area contributed by atoms with Crippen LogP contribution >= 0.6 is 0 Å². The van der Waals surface area contributed by atoms with E-state index < -0.39 is 0 Å². The van der Waals surface area contributed by atoms with Crippen molar-refractivity contribution < 1.29 is 9.53 Å². The van der Waals surface area contributed by atoms with Gasteiger partial charge in [0.25, 0.3) is 0 Å². The van der Waals surface area contributed by atoms with Gasteiger partial charge in [-0.1, -0.05) is 23.8 Å². The Labute approximate surface area is 102 Å². The molecule has 3 heteroatoms. The molecule has 2 rings (SSSR count). The van der Waals surface area contributed by atoms with E-state index in [1.807, 2.05) is 7.05 Å². The first-order valence-corrected chi connectivity index (χ1v) is 5.97. The summed E-state index contributed by atoms with van der Waals surface area (Å²) in [5, 5.41) is 3.33. The summed E-state index contributed by atoms with van der Waals surface area (Å²) in [6, 6.07) is 6.48. The van der Waals surface area contributed by atoms with E-state index in [4.69, 9.17) is 4.74 Å². The Kier molecular flexibility index (Phi) is 3.20. The van der Waals surface area contributed by atoms with Crippen molar-refractivity contribution >= 4 is 5.97 Å². The van der Waals surface area contributed by atoms with Crippen molar-refractivity contribution in [2.24, 2.45) is 0 Å². The van der Waals surface area contributed by atoms with E-state index in [0.29, 0.717) is 6.42 Å². The normalized spacial score (nSPS) is 22.3. The third-order valence-corrected chi connectivity index (χ3v) is 3.75. The smallest absolute Gasteiger partial charge is 0.307 e. The van der Waals surface area contributed by atoms with E-state index in [9.17, 15) is 4.79 Å². The number of carbonyl (C=O) groups excluding carboxylic acids is 1. The molecular formula is C14H19NO2. The van der Waals surface area contributed by atoms with Gasteiger partial charge in [-0.15, -0.1) is 0 Å². The summed E-state index contributed by atoms with van der Waals surface area (Å²) in [6.45, 7) is 2.08. The fourth-order valence-electron chi connectivity index (χ4n) is 2.69. The van der Waals surface area contributed by atoms with Crippen molar-refractivity contribution in [2.45, 2.75) is 31.7 Å². The van der Waals surface area contributed by atoms with Crippen LogP contribution in [0.15, 0.2) is 18.2 Å². The fraction of sp³-hybridized carbons (Fsp3) is 0.500. The number of rotatable bonds is 3. The maximum atomic E-state index is 11.6. The van der Waals surface area contributed by atoms with Gasteiger partial charge in [-0.05, 0) is 37.9 Å². The molecule has 17 heavy (non-hydrogen) atoms. The van der Waals surface area contributed by atoms with E-state index in [1.165, 1.54) is 23.8 Å². The van der Waals surface area contributed by atoms with Gasteiger partial charge in [-0.3, -0.25) is 4.79 Å². The van der Waals surface area contributed by atoms with Crippen LogP contribution in [0.2, 0.25) is 0 Å². The molecule has 0 bridgehead atoms. The summed E-state index contributed by atoms with van der Waals surface area (Å²) >= 11 is 0. The lowest BCUT2D eigenvalue weighted by Crippen LogP contribution is -2.40.